The van der Waals surface area contributed by atoms with Gasteiger partial charge in [-0.15, -0.1) is 0 Å². The second-order valence-corrected chi connectivity index (χ2v) is 9.07. The van der Waals surface area contributed by atoms with Crippen molar-refractivity contribution in [1.82, 2.24) is 9.88 Å². The van der Waals surface area contributed by atoms with Crippen LogP contribution in [0.15, 0.2) is 40.9 Å². The molecule has 4 rings (SSSR count). The molecular formula is C24H26ClN5O4. The maximum absolute atomic E-state index is 13.1. The minimum absolute atomic E-state index is 0.0814. The molecule has 0 bridgehead atoms. The summed E-state index contributed by atoms with van der Waals surface area (Å²) in [5.74, 6) is -1.03. The summed E-state index contributed by atoms with van der Waals surface area (Å²) in [5, 5.41) is 6.44. The lowest BCUT2D eigenvalue weighted by Crippen LogP contribution is -2.32. The van der Waals surface area contributed by atoms with E-state index in [0.717, 1.165) is 12.8 Å². The number of anilines is 2. The van der Waals surface area contributed by atoms with E-state index < -0.39 is 5.91 Å². The van der Waals surface area contributed by atoms with Gasteiger partial charge in [0.05, 0.1) is 5.02 Å². The summed E-state index contributed by atoms with van der Waals surface area (Å²) in [6, 6.07) is 8.10. The fourth-order valence-corrected chi connectivity index (χ4v) is 4.11. The molecule has 2 aromatic heterocycles. The zero-order valence-electron chi connectivity index (χ0n) is 18.9. The quantitative estimate of drug-likeness (QED) is 0.504. The van der Waals surface area contributed by atoms with Gasteiger partial charge in [-0.25, -0.2) is 4.98 Å². The number of nitrogens with two attached hydrogens (primary N) is 1. The van der Waals surface area contributed by atoms with E-state index in [1.54, 1.807) is 44.4 Å². The fourth-order valence-electron chi connectivity index (χ4n) is 4.00. The molecule has 3 amide bonds. The molecule has 1 aliphatic carbocycles. The van der Waals surface area contributed by atoms with E-state index in [4.69, 9.17) is 21.8 Å². The molecule has 9 nitrogen and oxygen atoms in total. The Morgan fingerprint density at radius 2 is 1.82 bits per heavy atom. The Labute approximate surface area is 201 Å². The number of hydrogen-bond donors (Lipinski definition) is 3. The van der Waals surface area contributed by atoms with Crippen molar-refractivity contribution in [1.29, 1.82) is 0 Å². The van der Waals surface area contributed by atoms with Gasteiger partial charge < -0.3 is 25.7 Å². The van der Waals surface area contributed by atoms with Crippen molar-refractivity contribution in [2.75, 3.05) is 24.7 Å². The van der Waals surface area contributed by atoms with Crippen LogP contribution in [0.4, 0.5) is 11.5 Å². The Morgan fingerprint density at radius 3 is 2.47 bits per heavy atom. The number of furan rings is 1. The number of amides is 3. The van der Waals surface area contributed by atoms with Crippen LogP contribution in [0, 0.1) is 5.92 Å². The molecule has 0 radical (unpaired) electrons. The van der Waals surface area contributed by atoms with Crippen LogP contribution < -0.4 is 16.4 Å². The van der Waals surface area contributed by atoms with Crippen LogP contribution in [0.25, 0.3) is 11.0 Å². The van der Waals surface area contributed by atoms with Gasteiger partial charge in [0.2, 0.25) is 11.7 Å². The minimum atomic E-state index is -0.590. The SMILES string of the molecule is CN(C)C(=O)c1ccc2oc(C(=O)Nc3ccc(Cl)cn3)c(NC(=O)C3CCC(N)CC3)c2c1. The Kier molecular flexibility index (Phi) is 6.85. The van der Waals surface area contributed by atoms with E-state index in [1.807, 2.05) is 0 Å². The predicted octanol–water partition coefficient (Wildman–Crippen LogP) is 3.89. The lowest BCUT2D eigenvalue weighted by Gasteiger charge is -2.25. The average molecular weight is 484 g/mol. The number of benzene rings is 1. The van der Waals surface area contributed by atoms with Gasteiger partial charge in [-0.1, -0.05) is 11.6 Å². The number of rotatable bonds is 5. The van der Waals surface area contributed by atoms with Crippen LogP contribution in [0.1, 0.15) is 46.6 Å². The Morgan fingerprint density at radius 1 is 1.09 bits per heavy atom. The number of nitrogens with zero attached hydrogens (tertiary/aromatic N) is 2. The molecule has 3 aromatic rings. The van der Waals surface area contributed by atoms with Crippen LogP contribution in [-0.4, -0.2) is 47.7 Å². The summed E-state index contributed by atoms with van der Waals surface area (Å²) in [6.45, 7) is 0. The topological polar surface area (TPSA) is 131 Å². The van der Waals surface area contributed by atoms with Gasteiger partial charge in [0.15, 0.2) is 0 Å². The monoisotopic (exact) mass is 483 g/mol. The van der Waals surface area contributed by atoms with Gasteiger partial charge >= 0.3 is 0 Å². The standard InChI is InChI=1S/C24H26ClN5O4/c1-30(2)24(33)14-5-9-18-17(11-14)20(29-22(31)13-3-7-16(26)8-4-13)21(34-18)23(32)28-19-10-6-15(25)12-27-19/h5-6,9-13,16H,3-4,7-8,26H2,1-2H3,(H,29,31)(H,27,28,32). The van der Waals surface area contributed by atoms with E-state index in [0.29, 0.717) is 34.4 Å². The lowest BCUT2D eigenvalue weighted by atomic mass is 9.86. The Bertz CT molecular complexity index is 1230. The highest BCUT2D eigenvalue weighted by molar-refractivity contribution is 6.30. The number of fused-ring (bicyclic) bond motifs is 1. The van der Waals surface area contributed by atoms with Gasteiger partial charge in [0.25, 0.3) is 11.8 Å². The summed E-state index contributed by atoms with van der Waals surface area (Å²) in [4.78, 5) is 44.2. The first-order valence-corrected chi connectivity index (χ1v) is 11.4. The highest BCUT2D eigenvalue weighted by Gasteiger charge is 2.29. The van der Waals surface area contributed by atoms with Crippen LogP contribution >= 0.6 is 11.6 Å². The molecule has 0 unspecified atom stereocenters. The molecule has 0 aliphatic heterocycles. The van der Waals surface area contributed by atoms with Crippen LogP contribution in [0.3, 0.4) is 0 Å². The van der Waals surface area contributed by atoms with Crippen LogP contribution in [-0.2, 0) is 4.79 Å². The summed E-state index contributed by atoms with van der Waals surface area (Å²) in [6.07, 6.45) is 4.28. The number of carbonyl (C=O) groups excluding carboxylic acids is 3. The molecule has 1 aliphatic rings. The van der Waals surface area contributed by atoms with Gasteiger partial charge in [0.1, 0.15) is 17.1 Å². The molecule has 4 N–H and O–H groups in total. The van der Waals surface area contributed by atoms with E-state index in [1.165, 1.54) is 11.1 Å². The van der Waals surface area contributed by atoms with Gasteiger partial charge in [0, 0.05) is 43.2 Å². The maximum Gasteiger partial charge on any atom is 0.294 e. The van der Waals surface area contributed by atoms with Crippen molar-refractivity contribution in [3.63, 3.8) is 0 Å². The average Bonchev–Trinajstić information content (AvgIpc) is 3.18. The molecule has 0 spiro atoms. The Balaban J connectivity index is 1.70. The number of halogens is 1. The lowest BCUT2D eigenvalue weighted by molar-refractivity contribution is -0.120. The summed E-state index contributed by atoms with van der Waals surface area (Å²) in [7, 11) is 3.30. The molecule has 178 valence electrons. The third kappa shape index (κ3) is 5.05. The zero-order chi connectivity index (χ0) is 24.4. The number of nitrogens with one attached hydrogen (secondary N) is 2. The van der Waals surface area contributed by atoms with Crippen molar-refractivity contribution in [3.05, 3.63) is 52.9 Å². The predicted molar refractivity (Wildman–Crippen MR) is 130 cm³/mol. The molecule has 2 heterocycles. The van der Waals surface area contributed by atoms with Crippen molar-refractivity contribution in [2.24, 2.45) is 11.7 Å². The molecule has 1 fully saturated rings. The van der Waals surface area contributed by atoms with Crippen LogP contribution in [0.2, 0.25) is 5.02 Å². The van der Waals surface area contributed by atoms with Crippen molar-refractivity contribution in [3.8, 4) is 0 Å². The van der Waals surface area contributed by atoms with Gasteiger partial charge in [-0.2, -0.15) is 0 Å². The molecule has 34 heavy (non-hydrogen) atoms. The van der Waals surface area contributed by atoms with Crippen molar-refractivity contribution in [2.45, 2.75) is 31.7 Å². The maximum atomic E-state index is 13.1. The first-order chi connectivity index (χ1) is 16.2. The van der Waals surface area contributed by atoms with Crippen LogP contribution in [0.5, 0.6) is 0 Å². The summed E-state index contributed by atoms with van der Waals surface area (Å²) < 4.78 is 5.83. The molecule has 10 heteroatoms. The number of aromatic nitrogens is 1. The van der Waals surface area contributed by atoms with E-state index >= 15 is 0 Å². The van der Waals surface area contributed by atoms with Crippen molar-refractivity contribution < 1.29 is 18.8 Å². The minimum Gasteiger partial charge on any atom is -0.449 e. The summed E-state index contributed by atoms with van der Waals surface area (Å²) in [5.41, 5.74) is 6.96. The first-order valence-electron chi connectivity index (χ1n) is 11.0. The zero-order valence-corrected chi connectivity index (χ0v) is 19.7. The van der Waals surface area contributed by atoms with Crippen molar-refractivity contribution >= 4 is 51.8 Å². The largest absolute Gasteiger partial charge is 0.449 e. The molecule has 1 saturated carbocycles. The first kappa shape index (κ1) is 23.7. The molecule has 1 aromatic carbocycles. The van der Waals surface area contributed by atoms with E-state index in [-0.39, 0.29) is 41.0 Å². The molecule has 0 saturated heterocycles. The van der Waals surface area contributed by atoms with E-state index in [2.05, 4.69) is 15.6 Å². The Hall–Kier alpha value is -3.43. The number of hydrogen-bond acceptors (Lipinski definition) is 6. The number of carbonyl (C=O) groups is 3. The normalized spacial score (nSPS) is 17.9. The molecular weight excluding hydrogens is 458 g/mol. The highest BCUT2D eigenvalue weighted by atomic mass is 35.5. The van der Waals surface area contributed by atoms with E-state index in [9.17, 15) is 14.4 Å². The van der Waals surface area contributed by atoms with Gasteiger partial charge in [-0.05, 0) is 56.0 Å². The second-order valence-electron chi connectivity index (χ2n) is 8.63. The summed E-state index contributed by atoms with van der Waals surface area (Å²) >= 11 is 5.87. The fraction of sp³-hybridized carbons (Fsp3) is 0.333. The van der Waals surface area contributed by atoms with Gasteiger partial charge in [-0.3, -0.25) is 14.4 Å². The third-order valence-corrected chi connectivity index (χ3v) is 6.13. The smallest absolute Gasteiger partial charge is 0.294 e. The highest BCUT2D eigenvalue weighted by Crippen LogP contribution is 2.34. The molecule has 0 atom stereocenters. The second kappa shape index (κ2) is 9.82. The number of pyridine rings is 1. The third-order valence-electron chi connectivity index (χ3n) is 5.91.